The zero-order chi connectivity index (χ0) is 21.3. The average molecular weight is 444 g/mol. The van der Waals surface area contributed by atoms with Gasteiger partial charge in [-0.25, -0.2) is 0 Å². The molecule has 1 saturated heterocycles. The summed E-state index contributed by atoms with van der Waals surface area (Å²) in [5.41, 5.74) is 0.0841. The number of piperidine rings is 1. The molecule has 1 N–H and O–H groups in total. The smallest absolute Gasteiger partial charge is 0.230 e. The fraction of sp³-hybridized carbons (Fsp3) is 0.792. The molecule has 0 spiro atoms. The number of nitrogens with zero attached hydrogens (tertiary/aromatic N) is 4. The molecule has 5 fully saturated rings. The first-order chi connectivity index (χ1) is 15.1. The van der Waals surface area contributed by atoms with E-state index in [0.29, 0.717) is 12.3 Å². The molecular weight excluding hydrogens is 406 g/mol. The molecule has 0 atom stereocenters. The SMILES string of the molecule is C=CCn1c(CCN2CCCCC2)nnc1SCC(=O)NC12CC3CC(CC(C3)C1)C2. The van der Waals surface area contributed by atoms with Gasteiger partial charge in [0.15, 0.2) is 5.16 Å². The third-order valence-electron chi connectivity index (χ3n) is 7.98. The van der Waals surface area contributed by atoms with Crippen LogP contribution in [0.3, 0.4) is 0 Å². The van der Waals surface area contributed by atoms with Crippen LogP contribution in [-0.2, 0) is 17.8 Å². The third-order valence-corrected chi connectivity index (χ3v) is 8.95. The van der Waals surface area contributed by atoms with Crippen molar-refractivity contribution >= 4 is 17.7 Å². The van der Waals surface area contributed by atoms with Crippen molar-refractivity contribution in [3.63, 3.8) is 0 Å². The van der Waals surface area contributed by atoms with Crippen LogP contribution in [0.2, 0.25) is 0 Å². The Kier molecular flexibility index (Phi) is 6.42. The summed E-state index contributed by atoms with van der Waals surface area (Å²) >= 11 is 1.52. The molecule has 31 heavy (non-hydrogen) atoms. The molecule has 5 aliphatic rings. The second kappa shape index (κ2) is 9.26. The first-order valence-corrected chi connectivity index (χ1v) is 13.3. The Morgan fingerprint density at radius 2 is 1.77 bits per heavy atom. The summed E-state index contributed by atoms with van der Waals surface area (Å²) in [6.07, 6.45) is 14.5. The summed E-state index contributed by atoms with van der Waals surface area (Å²) in [7, 11) is 0. The maximum absolute atomic E-state index is 12.9. The van der Waals surface area contributed by atoms with E-state index in [-0.39, 0.29) is 11.4 Å². The Balaban J connectivity index is 1.16. The highest BCUT2D eigenvalue weighted by molar-refractivity contribution is 7.99. The lowest BCUT2D eigenvalue weighted by atomic mass is 9.53. The van der Waals surface area contributed by atoms with Gasteiger partial charge < -0.3 is 14.8 Å². The third kappa shape index (κ3) is 4.87. The number of likely N-dealkylation sites (tertiary alicyclic amines) is 1. The molecule has 1 amide bonds. The van der Waals surface area contributed by atoms with E-state index in [1.807, 2.05) is 6.08 Å². The second-order valence-electron chi connectivity index (χ2n) is 10.5. The van der Waals surface area contributed by atoms with Gasteiger partial charge in [-0.1, -0.05) is 24.3 Å². The Hall–Kier alpha value is -1.34. The van der Waals surface area contributed by atoms with E-state index in [0.717, 1.165) is 41.7 Å². The van der Waals surface area contributed by atoms with E-state index in [4.69, 9.17) is 0 Å². The molecule has 2 heterocycles. The minimum atomic E-state index is 0.0841. The number of aromatic nitrogens is 3. The summed E-state index contributed by atoms with van der Waals surface area (Å²) < 4.78 is 2.14. The van der Waals surface area contributed by atoms with Crippen LogP contribution in [0.15, 0.2) is 17.8 Å². The van der Waals surface area contributed by atoms with Crippen LogP contribution in [0.25, 0.3) is 0 Å². The highest BCUT2D eigenvalue weighted by Crippen LogP contribution is 2.55. The summed E-state index contributed by atoms with van der Waals surface area (Å²) in [5.74, 6) is 4.12. The molecule has 0 unspecified atom stereocenters. The van der Waals surface area contributed by atoms with Gasteiger partial charge in [-0.2, -0.15) is 0 Å². The van der Waals surface area contributed by atoms with Gasteiger partial charge in [0.1, 0.15) is 5.82 Å². The topological polar surface area (TPSA) is 63.1 Å². The number of carbonyl (C=O) groups is 1. The zero-order valence-electron chi connectivity index (χ0n) is 18.7. The molecule has 6 rings (SSSR count). The minimum absolute atomic E-state index is 0.0841. The van der Waals surface area contributed by atoms with Crippen LogP contribution in [0.5, 0.6) is 0 Å². The number of amides is 1. The number of rotatable bonds is 9. The Bertz CT molecular complexity index is 765. The lowest BCUT2D eigenvalue weighted by molar-refractivity contribution is -0.124. The average Bonchev–Trinajstić information content (AvgIpc) is 3.12. The van der Waals surface area contributed by atoms with E-state index in [9.17, 15) is 4.79 Å². The van der Waals surface area contributed by atoms with Crippen molar-refractivity contribution in [3.05, 3.63) is 18.5 Å². The predicted molar refractivity (Wildman–Crippen MR) is 124 cm³/mol. The molecule has 1 aliphatic heterocycles. The number of hydrogen-bond donors (Lipinski definition) is 1. The molecule has 170 valence electrons. The van der Waals surface area contributed by atoms with E-state index >= 15 is 0 Å². The first-order valence-electron chi connectivity index (χ1n) is 12.3. The Labute approximate surface area is 190 Å². The molecule has 0 aromatic carbocycles. The van der Waals surface area contributed by atoms with Gasteiger partial charge in [0.05, 0.1) is 5.75 Å². The van der Waals surface area contributed by atoms with Crippen molar-refractivity contribution in [1.82, 2.24) is 25.0 Å². The fourth-order valence-corrected chi connectivity index (χ4v) is 7.86. The van der Waals surface area contributed by atoms with Crippen molar-refractivity contribution in [2.75, 3.05) is 25.4 Å². The Morgan fingerprint density at radius 1 is 1.10 bits per heavy atom. The highest BCUT2D eigenvalue weighted by atomic mass is 32.2. The number of nitrogens with one attached hydrogen (secondary N) is 1. The van der Waals surface area contributed by atoms with Crippen molar-refractivity contribution in [2.24, 2.45) is 17.8 Å². The summed E-state index contributed by atoms with van der Waals surface area (Å²) in [6.45, 7) is 8.03. The maximum atomic E-state index is 12.9. The highest BCUT2D eigenvalue weighted by Gasteiger charge is 2.51. The van der Waals surface area contributed by atoms with Crippen molar-refractivity contribution in [1.29, 1.82) is 0 Å². The standard InChI is InChI=1S/C24H37N5OS/c1-2-7-29-21(6-10-28-8-4-3-5-9-28)26-27-23(29)31-17-22(30)25-24-14-18-11-19(15-24)13-20(12-18)16-24/h2,18-20H,1,3-17H2,(H,25,30). The van der Waals surface area contributed by atoms with Gasteiger partial charge in [-0.15, -0.1) is 16.8 Å². The number of thioether (sulfide) groups is 1. The van der Waals surface area contributed by atoms with Crippen LogP contribution < -0.4 is 5.32 Å². The van der Waals surface area contributed by atoms with Crippen LogP contribution in [-0.4, -0.2) is 56.5 Å². The van der Waals surface area contributed by atoms with Gasteiger partial charge >= 0.3 is 0 Å². The second-order valence-corrected chi connectivity index (χ2v) is 11.4. The normalized spacial score (nSPS) is 32.3. The van der Waals surface area contributed by atoms with Crippen molar-refractivity contribution in [2.45, 2.75) is 81.4 Å². The van der Waals surface area contributed by atoms with Gasteiger partial charge in [0.25, 0.3) is 0 Å². The molecule has 0 radical (unpaired) electrons. The fourth-order valence-electron chi connectivity index (χ4n) is 7.09. The van der Waals surface area contributed by atoms with E-state index in [2.05, 4.69) is 31.6 Å². The van der Waals surface area contributed by atoms with Gasteiger partial charge in [0, 0.05) is 25.0 Å². The van der Waals surface area contributed by atoms with E-state index in [1.54, 1.807) is 0 Å². The number of hydrogen-bond acceptors (Lipinski definition) is 5. The molecule has 4 bridgehead atoms. The van der Waals surface area contributed by atoms with Crippen LogP contribution in [0.1, 0.15) is 63.6 Å². The number of allylic oxidation sites excluding steroid dienone is 1. The predicted octanol–water partition coefficient (Wildman–Crippen LogP) is 3.67. The molecule has 1 aromatic heterocycles. The first kappa shape index (κ1) is 21.5. The summed E-state index contributed by atoms with van der Waals surface area (Å²) in [4.78, 5) is 15.4. The molecule has 7 heteroatoms. The number of carbonyl (C=O) groups excluding carboxylic acids is 1. The maximum Gasteiger partial charge on any atom is 0.230 e. The largest absolute Gasteiger partial charge is 0.350 e. The van der Waals surface area contributed by atoms with Gasteiger partial charge in [-0.3, -0.25) is 4.79 Å². The molecule has 4 aliphatic carbocycles. The summed E-state index contributed by atoms with van der Waals surface area (Å²) in [6, 6.07) is 0. The van der Waals surface area contributed by atoms with E-state index in [1.165, 1.54) is 82.6 Å². The van der Waals surface area contributed by atoms with E-state index < -0.39 is 0 Å². The quantitative estimate of drug-likeness (QED) is 0.466. The zero-order valence-corrected chi connectivity index (χ0v) is 19.5. The lowest BCUT2D eigenvalue weighted by Crippen LogP contribution is -2.60. The van der Waals surface area contributed by atoms with Crippen molar-refractivity contribution < 1.29 is 4.79 Å². The molecule has 1 aromatic rings. The van der Waals surface area contributed by atoms with Crippen LogP contribution in [0.4, 0.5) is 0 Å². The van der Waals surface area contributed by atoms with Crippen molar-refractivity contribution in [3.8, 4) is 0 Å². The molecule has 4 saturated carbocycles. The van der Waals surface area contributed by atoms with Gasteiger partial charge in [0.2, 0.25) is 5.91 Å². The monoisotopic (exact) mass is 443 g/mol. The molecule has 6 nitrogen and oxygen atoms in total. The lowest BCUT2D eigenvalue weighted by Gasteiger charge is -2.56. The van der Waals surface area contributed by atoms with Crippen LogP contribution in [0, 0.1) is 17.8 Å². The Morgan fingerprint density at radius 3 is 2.42 bits per heavy atom. The summed E-state index contributed by atoms with van der Waals surface area (Å²) in [5, 5.41) is 13.2. The minimum Gasteiger partial charge on any atom is -0.350 e. The molecular formula is C24H37N5OS. The van der Waals surface area contributed by atoms with Gasteiger partial charge in [-0.05, 0) is 82.2 Å². The van der Waals surface area contributed by atoms with Crippen LogP contribution >= 0.6 is 11.8 Å².